The van der Waals surface area contributed by atoms with Gasteiger partial charge in [0.2, 0.25) is 11.1 Å². The minimum atomic E-state index is -0.357. The van der Waals surface area contributed by atoms with Crippen molar-refractivity contribution in [2.24, 2.45) is 0 Å². The van der Waals surface area contributed by atoms with Gasteiger partial charge in [-0.05, 0) is 37.3 Å². The highest BCUT2D eigenvalue weighted by Gasteiger charge is 2.18. The van der Waals surface area contributed by atoms with Gasteiger partial charge in [0.1, 0.15) is 0 Å². The number of nitrogens with zero attached hydrogens (tertiary/aromatic N) is 5. The van der Waals surface area contributed by atoms with Crippen LogP contribution in [0.3, 0.4) is 0 Å². The van der Waals surface area contributed by atoms with Crippen LogP contribution in [-0.2, 0) is 4.79 Å². The molecule has 1 unspecified atom stereocenters. The second kappa shape index (κ2) is 6.48. The molecule has 3 aromatic heterocycles. The molecule has 0 bridgehead atoms. The minimum Gasteiger partial charge on any atom is -0.324 e. The van der Waals surface area contributed by atoms with E-state index in [-0.39, 0.29) is 11.2 Å². The van der Waals surface area contributed by atoms with Gasteiger partial charge in [0, 0.05) is 24.0 Å². The number of rotatable bonds is 4. The highest BCUT2D eigenvalue weighted by molar-refractivity contribution is 8.00. The summed E-state index contributed by atoms with van der Waals surface area (Å²) in [5.41, 5.74) is 1.58. The van der Waals surface area contributed by atoms with Crippen LogP contribution in [0, 0.1) is 0 Å². The topological polar surface area (TPSA) is 85.1 Å². The highest BCUT2D eigenvalue weighted by atomic mass is 32.2. The van der Waals surface area contributed by atoms with Gasteiger partial charge in [-0.3, -0.25) is 9.78 Å². The first kappa shape index (κ1) is 15.5. The number of nitrogens with one attached hydrogen (secondary N) is 1. The molecule has 8 heteroatoms. The minimum absolute atomic E-state index is 0.117. The van der Waals surface area contributed by atoms with Gasteiger partial charge in [-0.2, -0.15) is 4.98 Å². The van der Waals surface area contributed by atoms with Gasteiger partial charge < -0.3 is 5.32 Å². The second-order valence-corrected chi connectivity index (χ2v) is 6.69. The van der Waals surface area contributed by atoms with Crippen LogP contribution in [0.1, 0.15) is 6.92 Å². The van der Waals surface area contributed by atoms with Crippen molar-refractivity contribution in [1.29, 1.82) is 0 Å². The Morgan fingerprint density at radius 1 is 1.16 bits per heavy atom. The third kappa shape index (κ3) is 3.16. The summed E-state index contributed by atoms with van der Waals surface area (Å²) in [6.45, 7) is 1.82. The summed E-state index contributed by atoms with van der Waals surface area (Å²) in [5, 5.41) is 8.33. The molecule has 0 saturated carbocycles. The molecule has 0 radical (unpaired) electrons. The van der Waals surface area contributed by atoms with E-state index >= 15 is 0 Å². The number of benzene rings is 1. The van der Waals surface area contributed by atoms with E-state index in [4.69, 9.17) is 0 Å². The lowest BCUT2D eigenvalue weighted by Gasteiger charge is -2.11. The van der Waals surface area contributed by atoms with Gasteiger partial charge in [0.25, 0.3) is 5.78 Å². The molecule has 1 atom stereocenters. The van der Waals surface area contributed by atoms with Crippen molar-refractivity contribution in [2.45, 2.75) is 17.3 Å². The van der Waals surface area contributed by atoms with Gasteiger partial charge in [-0.1, -0.05) is 17.8 Å². The lowest BCUT2D eigenvalue weighted by atomic mass is 10.2. The van der Waals surface area contributed by atoms with Crippen LogP contribution < -0.4 is 5.32 Å². The first-order valence-electron chi connectivity index (χ1n) is 7.69. The first-order valence-corrected chi connectivity index (χ1v) is 8.57. The van der Waals surface area contributed by atoms with Gasteiger partial charge in [-0.15, -0.1) is 5.10 Å². The van der Waals surface area contributed by atoms with Crippen LogP contribution in [0.4, 0.5) is 5.69 Å². The van der Waals surface area contributed by atoms with Gasteiger partial charge in [0.05, 0.1) is 16.5 Å². The van der Waals surface area contributed by atoms with Crippen molar-refractivity contribution in [3.8, 4) is 0 Å². The van der Waals surface area contributed by atoms with Crippen LogP contribution in [-0.4, -0.2) is 35.7 Å². The summed E-state index contributed by atoms with van der Waals surface area (Å²) in [6, 6.07) is 11.2. The van der Waals surface area contributed by atoms with Crippen molar-refractivity contribution in [3.63, 3.8) is 0 Å². The zero-order valence-electron chi connectivity index (χ0n) is 13.3. The first-order chi connectivity index (χ1) is 12.2. The van der Waals surface area contributed by atoms with Crippen LogP contribution >= 0.6 is 11.8 Å². The second-order valence-electron chi connectivity index (χ2n) is 5.38. The number of fused-ring (bicyclic) bond motifs is 2. The van der Waals surface area contributed by atoms with E-state index in [0.29, 0.717) is 10.9 Å². The van der Waals surface area contributed by atoms with E-state index < -0.39 is 0 Å². The van der Waals surface area contributed by atoms with Gasteiger partial charge in [-0.25, -0.2) is 9.50 Å². The quantitative estimate of drug-likeness (QED) is 0.570. The monoisotopic (exact) mass is 350 g/mol. The number of thioether (sulfide) groups is 1. The van der Waals surface area contributed by atoms with E-state index in [1.54, 1.807) is 29.2 Å². The number of pyridine rings is 1. The standard InChI is InChI=1S/C17H14N6OS/c1-11(25-17-21-16-19-9-4-10-23(16)22-17)15(24)20-14-7-2-6-13-12(14)5-3-8-18-13/h2-11H,1H3,(H,20,24). The molecule has 4 rings (SSSR count). The normalized spacial score (nSPS) is 12.4. The number of aromatic nitrogens is 5. The van der Waals surface area contributed by atoms with Crippen LogP contribution in [0.2, 0.25) is 0 Å². The molecule has 0 saturated heterocycles. The van der Waals surface area contributed by atoms with Crippen molar-refractivity contribution in [2.75, 3.05) is 5.32 Å². The molecule has 0 spiro atoms. The number of carbonyl (C=O) groups excluding carboxylic acids is 1. The number of hydrogen-bond donors (Lipinski definition) is 1. The maximum Gasteiger partial charge on any atom is 0.253 e. The molecule has 1 amide bonds. The fraction of sp³-hybridized carbons (Fsp3) is 0.118. The van der Waals surface area contributed by atoms with E-state index in [1.807, 2.05) is 37.3 Å². The summed E-state index contributed by atoms with van der Waals surface area (Å²) < 4.78 is 1.59. The molecule has 0 fully saturated rings. The van der Waals surface area contributed by atoms with E-state index in [1.165, 1.54) is 11.8 Å². The molecule has 1 N–H and O–H groups in total. The molecule has 0 aliphatic carbocycles. The number of anilines is 1. The Morgan fingerprint density at radius 3 is 2.92 bits per heavy atom. The number of amides is 1. The maximum atomic E-state index is 12.5. The molecule has 0 aliphatic heterocycles. The molecule has 1 aromatic carbocycles. The van der Waals surface area contributed by atoms with Gasteiger partial charge >= 0.3 is 0 Å². The summed E-state index contributed by atoms with van der Waals surface area (Å²) >= 11 is 1.29. The van der Waals surface area contributed by atoms with E-state index in [9.17, 15) is 4.79 Å². The Bertz CT molecular complexity index is 1020. The number of hydrogen-bond acceptors (Lipinski definition) is 6. The zero-order chi connectivity index (χ0) is 17.2. The molecule has 0 aliphatic rings. The molecular weight excluding hydrogens is 336 g/mol. The lowest BCUT2D eigenvalue weighted by molar-refractivity contribution is -0.115. The largest absolute Gasteiger partial charge is 0.324 e. The Morgan fingerprint density at radius 2 is 2.04 bits per heavy atom. The predicted molar refractivity (Wildman–Crippen MR) is 96.5 cm³/mol. The molecule has 7 nitrogen and oxygen atoms in total. The Labute approximate surface area is 147 Å². The Kier molecular flexibility index (Phi) is 4.02. The summed E-state index contributed by atoms with van der Waals surface area (Å²) in [5.74, 6) is 0.394. The Balaban J connectivity index is 1.52. The molecule has 3 heterocycles. The van der Waals surface area contributed by atoms with Crippen molar-refractivity contribution < 1.29 is 4.79 Å². The SMILES string of the molecule is CC(Sc1nc2ncccn2n1)C(=O)Nc1cccc2ncccc12. The summed E-state index contributed by atoms with van der Waals surface area (Å²) in [6.07, 6.45) is 5.16. The van der Waals surface area contributed by atoms with E-state index in [2.05, 4.69) is 25.4 Å². The average Bonchev–Trinajstić information content (AvgIpc) is 3.04. The average molecular weight is 350 g/mol. The lowest BCUT2D eigenvalue weighted by Crippen LogP contribution is -2.22. The van der Waals surface area contributed by atoms with Crippen molar-refractivity contribution in [3.05, 3.63) is 55.0 Å². The van der Waals surface area contributed by atoms with Crippen LogP contribution in [0.25, 0.3) is 16.7 Å². The number of carbonyl (C=O) groups is 1. The van der Waals surface area contributed by atoms with Gasteiger partial charge in [0.15, 0.2) is 0 Å². The third-order valence-corrected chi connectivity index (χ3v) is 4.60. The Hall–Kier alpha value is -3.00. The fourth-order valence-corrected chi connectivity index (χ4v) is 3.17. The maximum absolute atomic E-state index is 12.5. The summed E-state index contributed by atoms with van der Waals surface area (Å²) in [7, 11) is 0. The molecule has 25 heavy (non-hydrogen) atoms. The van der Waals surface area contributed by atoms with Crippen molar-refractivity contribution in [1.82, 2.24) is 24.6 Å². The fourth-order valence-electron chi connectivity index (χ4n) is 2.42. The van der Waals surface area contributed by atoms with Crippen LogP contribution in [0.15, 0.2) is 60.1 Å². The molecule has 124 valence electrons. The van der Waals surface area contributed by atoms with Crippen LogP contribution in [0.5, 0.6) is 0 Å². The van der Waals surface area contributed by atoms with Crippen molar-refractivity contribution >= 4 is 40.0 Å². The molecular formula is C17H14N6OS. The third-order valence-electron chi connectivity index (χ3n) is 3.65. The highest BCUT2D eigenvalue weighted by Crippen LogP contribution is 2.24. The molecule has 4 aromatic rings. The zero-order valence-corrected chi connectivity index (χ0v) is 14.1. The summed E-state index contributed by atoms with van der Waals surface area (Å²) in [4.78, 5) is 25.3. The smallest absolute Gasteiger partial charge is 0.253 e. The predicted octanol–water partition coefficient (Wildman–Crippen LogP) is 2.79. The van der Waals surface area contributed by atoms with E-state index in [0.717, 1.165) is 16.6 Å².